The van der Waals surface area contributed by atoms with Gasteiger partial charge in [0.1, 0.15) is 0 Å². The molecule has 1 saturated heterocycles. The minimum atomic E-state index is -0.115. The van der Waals surface area contributed by atoms with Gasteiger partial charge < -0.3 is 15.5 Å². The lowest BCUT2D eigenvalue weighted by Gasteiger charge is -2.23. The number of amides is 2. The normalized spacial score (nSPS) is 14.4. The summed E-state index contributed by atoms with van der Waals surface area (Å²) in [5.74, 6) is -0.114. The topological polar surface area (TPSA) is 61.4 Å². The fourth-order valence-corrected chi connectivity index (χ4v) is 3.89. The summed E-state index contributed by atoms with van der Waals surface area (Å²) in [6, 6.07) is 15.5. The van der Waals surface area contributed by atoms with Gasteiger partial charge in [-0.15, -0.1) is 0 Å². The first-order valence-electron chi connectivity index (χ1n) is 11.1. The maximum Gasteiger partial charge on any atom is 0.253 e. The smallest absolute Gasteiger partial charge is 0.253 e. The monoisotopic (exact) mass is 407 g/mol. The van der Waals surface area contributed by atoms with Crippen molar-refractivity contribution in [2.24, 2.45) is 0 Å². The van der Waals surface area contributed by atoms with Gasteiger partial charge in [-0.3, -0.25) is 9.59 Å². The second-order valence-electron chi connectivity index (χ2n) is 8.04. The number of rotatable bonds is 9. The molecule has 2 amide bonds. The highest BCUT2D eigenvalue weighted by atomic mass is 16.2. The number of carbonyl (C=O) groups is 2. The van der Waals surface area contributed by atoms with Crippen molar-refractivity contribution in [2.75, 3.05) is 23.3 Å². The van der Waals surface area contributed by atoms with Crippen LogP contribution in [0.2, 0.25) is 0 Å². The van der Waals surface area contributed by atoms with Gasteiger partial charge in [0, 0.05) is 30.9 Å². The molecule has 1 aliphatic rings. The molecule has 1 atom stereocenters. The van der Waals surface area contributed by atoms with E-state index in [1.165, 1.54) is 0 Å². The molecule has 1 heterocycles. The minimum absolute atomic E-state index is 0.00128. The summed E-state index contributed by atoms with van der Waals surface area (Å²) in [5.41, 5.74) is 3.30. The van der Waals surface area contributed by atoms with Crippen LogP contribution in [0, 0.1) is 0 Å². The van der Waals surface area contributed by atoms with E-state index < -0.39 is 0 Å². The van der Waals surface area contributed by atoms with Crippen molar-refractivity contribution in [1.29, 1.82) is 0 Å². The van der Waals surface area contributed by atoms with E-state index >= 15 is 0 Å². The molecule has 2 aromatic rings. The Balaban J connectivity index is 1.78. The molecule has 160 valence electrons. The molecule has 0 aliphatic carbocycles. The summed E-state index contributed by atoms with van der Waals surface area (Å²) in [4.78, 5) is 27.7. The van der Waals surface area contributed by atoms with Crippen LogP contribution in [0.5, 0.6) is 0 Å². The van der Waals surface area contributed by atoms with Crippen molar-refractivity contribution in [2.45, 2.75) is 58.4 Å². The van der Waals surface area contributed by atoms with Gasteiger partial charge in [-0.2, -0.15) is 0 Å². The molecule has 1 fully saturated rings. The summed E-state index contributed by atoms with van der Waals surface area (Å²) in [6.45, 7) is 6.02. The fraction of sp³-hybridized carbons (Fsp3) is 0.440. The van der Waals surface area contributed by atoms with Gasteiger partial charge in [-0.25, -0.2) is 0 Å². The van der Waals surface area contributed by atoms with E-state index in [1.54, 1.807) is 0 Å². The van der Waals surface area contributed by atoms with Crippen LogP contribution in [-0.2, 0) is 4.79 Å². The Hall–Kier alpha value is -2.82. The van der Waals surface area contributed by atoms with Gasteiger partial charge in [0.15, 0.2) is 0 Å². The number of benzene rings is 2. The Bertz CT molecular complexity index is 845. The highest BCUT2D eigenvalue weighted by molar-refractivity contribution is 6.02. The molecule has 0 bridgehead atoms. The van der Waals surface area contributed by atoms with Gasteiger partial charge in [-0.05, 0) is 49.9 Å². The molecule has 5 heteroatoms. The molecule has 0 radical (unpaired) electrons. The van der Waals surface area contributed by atoms with Gasteiger partial charge in [0.25, 0.3) is 5.91 Å². The van der Waals surface area contributed by atoms with Crippen molar-refractivity contribution in [1.82, 2.24) is 5.32 Å². The highest BCUT2D eigenvalue weighted by Crippen LogP contribution is 2.28. The van der Waals surface area contributed by atoms with Crippen LogP contribution in [-0.4, -0.2) is 24.9 Å². The summed E-state index contributed by atoms with van der Waals surface area (Å²) >= 11 is 0. The van der Waals surface area contributed by atoms with Crippen molar-refractivity contribution in [3.05, 3.63) is 59.7 Å². The summed E-state index contributed by atoms with van der Waals surface area (Å²) < 4.78 is 0. The van der Waals surface area contributed by atoms with Crippen LogP contribution in [0.1, 0.15) is 74.3 Å². The maximum absolute atomic E-state index is 13.2. The number of unbranched alkanes of at least 4 members (excludes halogenated alkanes) is 2. The van der Waals surface area contributed by atoms with E-state index in [0.29, 0.717) is 17.7 Å². The number of anilines is 2. The lowest BCUT2D eigenvalue weighted by Crippen LogP contribution is -2.29. The van der Waals surface area contributed by atoms with Crippen molar-refractivity contribution >= 4 is 23.2 Å². The second-order valence-corrected chi connectivity index (χ2v) is 8.04. The van der Waals surface area contributed by atoms with E-state index in [2.05, 4.69) is 22.5 Å². The quantitative estimate of drug-likeness (QED) is 0.555. The number of nitrogens with one attached hydrogen (secondary N) is 2. The van der Waals surface area contributed by atoms with Crippen molar-refractivity contribution in [3.63, 3.8) is 0 Å². The van der Waals surface area contributed by atoms with Gasteiger partial charge >= 0.3 is 0 Å². The van der Waals surface area contributed by atoms with Gasteiger partial charge in [-0.1, -0.05) is 50.1 Å². The third-order valence-electron chi connectivity index (χ3n) is 5.63. The van der Waals surface area contributed by atoms with Crippen LogP contribution in [0.3, 0.4) is 0 Å². The van der Waals surface area contributed by atoms with Crippen LogP contribution in [0.25, 0.3) is 0 Å². The molecule has 3 rings (SSSR count). The molecule has 0 spiro atoms. The Morgan fingerprint density at radius 2 is 1.77 bits per heavy atom. The first-order chi connectivity index (χ1) is 14.6. The fourth-order valence-electron chi connectivity index (χ4n) is 3.89. The molecular formula is C25H33N3O2. The maximum atomic E-state index is 13.2. The SMILES string of the molecule is CCCCCC(=O)Nc1ccc(N2CCCC2)c(C(=O)N[C@@H](C)c2ccccc2)c1. The lowest BCUT2D eigenvalue weighted by molar-refractivity contribution is -0.116. The number of nitrogens with zero attached hydrogens (tertiary/aromatic N) is 1. The number of hydrogen-bond donors (Lipinski definition) is 2. The van der Waals surface area contributed by atoms with Crippen molar-refractivity contribution in [3.8, 4) is 0 Å². The molecule has 1 aliphatic heterocycles. The molecule has 2 N–H and O–H groups in total. The molecule has 0 unspecified atom stereocenters. The first kappa shape index (κ1) is 21.9. The first-order valence-corrected chi connectivity index (χ1v) is 11.1. The molecule has 0 saturated carbocycles. The van der Waals surface area contributed by atoms with E-state index in [9.17, 15) is 9.59 Å². The Labute approximate surface area is 179 Å². The summed E-state index contributed by atoms with van der Waals surface area (Å²) in [6.07, 6.45) is 5.80. The molecule has 2 aromatic carbocycles. The zero-order chi connectivity index (χ0) is 21.3. The van der Waals surface area contributed by atoms with Crippen LogP contribution in [0.15, 0.2) is 48.5 Å². The number of carbonyl (C=O) groups excluding carboxylic acids is 2. The number of hydrogen-bond acceptors (Lipinski definition) is 3. The molecule has 5 nitrogen and oxygen atoms in total. The lowest BCUT2D eigenvalue weighted by atomic mass is 10.1. The molecular weight excluding hydrogens is 374 g/mol. The largest absolute Gasteiger partial charge is 0.371 e. The van der Waals surface area contributed by atoms with Crippen LogP contribution >= 0.6 is 0 Å². The van der Waals surface area contributed by atoms with Crippen molar-refractivity contribution < 1.29 is 9.59 Å². The molecule has 0 aromatic heterocycles. The Morgan fingerprint density at radius 3 is 2.47 bits per heavy atom. The standard InChI is InChI=1S/C25H33N3O2/c1-3-4-6-13-24(29)27-21-14-15-23(28-16-9-10-17-28)22(18-21)25(30)26-19(2)20-11-7-5-8-12-20/h5,7-8,11-12,14-15,18-19H,3-4,6,9-10,13,16-17H2,1-2H3,(H,26,30)(H,27,29)/t19-/m0/s1. The predicted octanol–water partition coefficient (Wildman–Crippen LogP) is 5.30. The van der Waals surface area contributed by atoms with Gasteiger partial charge in [0.05, 0.1) is 11.6 Å². The average Bonchev–Trinajstić information content (AvgIpc) is 3.29. The van der Waals surface area contributed by atoms with Crippen LogP contribution < -0.4 is 15.5 Å². The zero-order valence-corrected chi connectivity index (χ0v) is 18.1. The third kappa shape index (κ3) is 5.85. The van der Waals surface area contributed by atoms with E-state index in [1.807, 2.05) is 55.5 Å². The Morgan fingerprint density at radius 1 is 1.03 bits per heavy atom. The third-order valence-corrected chi connectivity index (χ3v) is 5.63. The second kappa shape index (κ2) is 10.8. The van der Waals surface area contributed by atoms with E-state index in [0.717, 1.165) is 56.4 Å². The zero-order valence-electron chi connectivity index (χ0n) is 18.1. The average molecular weight is 408 g/mol. The van der Waals surface area contributed by atoms with E-state index in [-0.39, 0.29) is 17.9 Å². The highest BCUT2D eigenvalue weighted by Gasteiger charge is 2.21. The van der Waals surface area contributed by atoms with Gasteiger partial charge in [0.2, 0.25) is 5.91 Å². The molecule has 30 heavy (non-hydrogen) atoms. The summed E-state index contributed by atoms with van der Waals surface area (Å²) in [7, 11) is 0. The minimum Gasteiger partial charge on any atom is -0.371 e. The predicted molar refractivity (Wildman–Crippen MR) is 123 cm³/mol. The summed E-state index contributed by atoms with van der Waals surface area (Å²) in [5, 5.41) is 6.08. The van der Waals surface area contributed by atoms with E-state index in [4.69, 9.17) is 0 Å². The van der Waals surface area contributed by atoms with Crippen LogP contribution in [0.4, 0.5) is 11.4 Å². The Kier molecular flexibility index (Phi) is 7.89.